The lowest BCUT2D eigenvalue weighted by Crippen LogP contribution is -2.51. The average molecular weight is 321 g/mol. The van der Waals surface area contributed by atoms with Crippen molar-refractivity contribution in [2.24, 2.45) is 11.8 Å². The number of hydrogen-bond donors (Lipinski definition) is 2. The summed E-state index contributed by atoms with van der Waals surface area (Å²) in [5, 5.41) is 5.33. The largest absolute Gasteiger partial charge is 0.346 e. The maximum Gasteiger partial charge on any atom is 0.289 e. The number of nitrogens with one attached hydrogen (secondary N) is 2. The topological polar surface area (TPSA) is 78.5 Å². The van der Waals surface area contributed by atoms with Crippen molar-refractivity contribution in [3.8, 4) is 0 Å². The molecule has 6 heteroatoms. The van der Waals surface area contributed by atoms with Crippen LogP contribution in [0.3, 0.4) is 0 Å². The number of nitrogens with zero attached hydrogens (tertiary/aromatic N) is 1. The van der Waals surface area contributed by atoms with Gasteiger partial charge < -0.3 is 15.5 Å². The second-order valence-electron chi connectivity index (χ2n) is 6.70. The highest BCUT2D eigenvalue weighted by atomic mass is 16.2. The Morgan fingerprint density at radius 3 is 2.65 bits per heavy atom. The van der Waals surface area contributed by atoms with Gasteiger partial charge >= 0.3 is 0 Å². The van der Waals surface area contributed by atoms with Crippen molar-refractivity contribution in [1.29, 1.82) is 0 Å². The summed E-state index contributed by atoms with van der Waals surface area (Å²) in [6.07, 6.45) is 6.05. The average Bonchev–Trinajstić information content (AvgIpc) is 3.35. The molecule has 0 radical (unpaired) electrons. The van der Waals surface area contributed by atoms with Crippen molar-refractivity contribution < 1.29 is 14.4 Å². The fourth-order valence-electron chi connectivity index (χ4n) is 3.00. The van der Waals surface area contributed by atoms with Crippen LogP contribution in [0.1, 0.15) is 32.1 Å². The molecule has 0 bridgehead atoms. The van der Waals surface area contributed by atoms with E-state index >= 15 is 0 Å². The molecule has 2 atom stereocenters. The highest BCUT2D eigenvalue weighted by Gasteiger charge is 2.35. The zero-order chi connectivity index (χ0) is 16.8. The first kappa shape index (κ1) is 17.7. The fraction of sp³-hybridized carbons (Fsp3) is 0.706. The van der Waals surface area contributed by atoms with Gasteiger partial charge in [0.15, 0.2) is 0 Å². The molecular weight excluding hydrogens is 294 g/mol. The van der Waals surface area contributed by atoms with Crippen LogP contribution in [-0.4, -0.2) is 55.2 Å². The summed E-state index contributed by atoms with van der Waals surface area (Å²) in [5.41, 5.74) is 0. The number of rotatable bonds is 8. The second kappa shape index (κ2) is 8.24. The lowest BCUT2D eigenvalue weighted by Gasteiger charge is -2.30. The van der Waals surface area contributed by atoms with Crippen LogP contribution in [0.25, 0.3) is 0 Å². The van der Waals surface area contributed by atoms with Crippen LogP contribution in [0.15, 0.2) is 12.7 Å². The third kappa shape index (κ3) is 5.46. The molecule has 1 aliphatic heterocycles. The van der Waals surface area contributed by atoms with Crippen LogP contribution in [0.2, 0.25) is 0 Å². The zero-order valence-corrected chi connectivity index (χ0v) is 13.8. The molecule has 2 aliphatic rings. The minimum Gasteiger partial charge on any atom is -0.346 e. The Balaban J connectivity index is 1.94. The van der Waals surface area contributed by atoms with Gasteiger partial charge in [0, 0.05) is 13.1 Å². The van der Waals surface area contributed by atoms with E-state index in [4.69, 9.17) is 0 Å². The molecule has 2 amide bonds. The number of likely N-dealkylation sites (tertiary alicyclic amines) is 1. The van der Waals surface area contributed by atoms with E-state index in [2.05, 4.69) is 22.1 Å². The molecule has 2 rings (SSSR count). The van der Waals surface area contributed by atoms with Crippen LogP contribution in [0, 0.1) is 11.8 Å². The van der Waals surface area contributed by atoms with E-state index in [0.29, 0.717) is 18.9 Å². The third-order valence-corrected chi connectivity index (χ3v) is 4.52. The predicted octanol–water partition coefficient (Wildman–Crippen LogP) is 0.484. The molecule has 0 aromatic heterocycles. The first-order valence-corrected chi connectivity index (χ1v) is 8.43. The van der Waals surface area contributed by atoms with Crippen LogP contribution in [0.4, 0.5) is 0 Å². The van der Waals surface area contributed by atoms with Crippen molar-refractivity contribution in [2.45, 2.75) is 38.1 Å². The van der Waals surface area contributed by atoms with Crippen LogP contribution >= 0.6 is 0 Å². The summed E-state index contributed by atoms with van der Waals surface area (Å²) in [6, 6.07) is -0.702. The molecule has 1 heterocycles. The Kier molecular flexibility index (Phi) is 6.33. The second-order valence-corrected chi connectivity index (χ2v) is 6.70. The Hall–Kier alpha value is -1.69. The van der Waals surface area contributed by atoms with Crippen molar-refractivity contribution in [2.75, 3.05) is 26.7 Å². The number of carbonyl (C=O) groups excluding carboxylic acids is 3. The molecule has 1 saturated carbocycles. The van der Waals surface area contributed by atoms with Crippen molar-refractivity contribution >= 4 is 17.6 Å². The Labute approximate surface area is 137 Å². The number of piperidine rings is 1. The van der Waals surface area contributed by atoms with Crippen molar-refractivity contribution in [3.63, 3.8) is 0 Å². The number of Topliss-reactive ketones (excluding diaryl/α,β-unsaturated/α-hetero) is 1. The van der Waals surface area contributed by atoms with Crippen LogP contribution in [-0.2, 0) is 14.4 Å². The first-order valence-electron chi connectivity index (χ1n) is 8.43. The molecule has 6 nitrogen and oxygen atoms in total. The van der Waals surface area contributed by atoms with Gasteiger partial charge in [0.1, 0.15) is 0 Å². The van der Waals surface area contributed by atoms with Gasteiger partial charge in [0.2, 0.25) is 11.7 Å². The molecule has 128 valence electrons. The van der Waals surface area contributed by atoms with Gasteiger partial charge in [0.05, 0.1) is 12.0 Å². The van der Waals surface area contributed by atoms with Gasteiger partial charge in [-0.3, -0.25) is 14.4 Å². The normalized spacial score (nSPS) is 22.9. The zero-order valence-electron chi connectivity index (χ0n) is 13.8. The maximum atomic E-state index is 12.5. The van der Waals surface area contributed by atoms with Crippen molar-refractivity contribution in [3.05, 3.63) is 12.7 Å². The van der Waals surface area contributed by atoms with E-state index in [1.807, 2.05) is 7.05 Å². The predicted molar refractivity (Wildman–Crippen MR) is 87.7 cm³/mol. The molecule has 0 aromatic rings. The van der Waals surface area contributed by atoms with Gasteiger partial charge in [-0.1, -0.05) is 18.9 Å². The molecular formula is C17H27N3O3. The van der Waals surface area contributed by atoms with Crippen LogP contribution in [0.5, 0.6) is 0 Å². The van der Waals surface area contributed by atoms with Crippen molar-refractivity contribution in [1.82, 2.24) is 15.5 Å². The number of hydrogen-bond acceptors (Lipinski definition) is 4. The fourth-order valence-corrected chi connectivity index (χ4v) is 3.00. The summed E-state index contributed by atoms with van der Waals surface area (Å²) in [4.78, 5) is 38.8. The molecule has 2 fully saturated rings. The van der Waals surface area contributed by atoms with Gasteiger partial charge in [-0.25, -0.2) is 0 Å². The maximum absolute atomic E-state index is 12.5. The summed E-state index contributed by atoms with van der Waals surface area (Å²) in [5.74, 6) is -0.940. The van der Waals surface area contributed by atoms with Gasteiger partial charge in [-0.05, 0) is 38.8 Å². The standard InChI is InChI=1S/C17H27N3O3/c1-3-8-18-17(23)15(21)14(10-12-6-7-12)19-16(22)13-5-4-9-20(2)11-13/h3,12-14H,1,4-11H2,2H3,(H,18,23)(H,19,22). The molecule has 1 saturated heterocycles. The van der Waals surface area contributed by atoms with Gasteiger partial charge in [0.25, 0.3) is 5.91 Å². The Morgan fingerprint density at radius 2 is 2.04 bits per heavy atom. The number of carbonyl (C=O) groups is 3. The minimum absolute atomic E-state index is 0.0977. The molecule has 23 heavy (non-hydrogen) atoms. The third-order valence-electron chi connectivity index (χ3n) is 4.52. The summed E-state index contributed by atoms with van der Waals surface area (Å²) in [6.45, 7) is 5.47. The smallest absolute Gasteiger partial charge is 0.289 e. The molecule has 2 unspecified atom stereocenters. The molecule has 0 spiro atoms. The van der Waals surface area contributed by atoms with Crippen LogP contribution < -0.4 is 10.6 Å². The van der Waals surface area contributed by atoms with Gasteiger partial charge in [-0.2, -0.15) is 0 Å². The Morgan fingerprint density at radius 1 is 1.30 bits per heavy atom. The quantitative estimate of drug-likeness (QED) is 0.504. The van der Waals surface area contributed by atoms with E-state index in [-0.39, 0.29) is 18.4 Å². The Bertz CT molecular complexity index is 474. The number of amides is 2. The molecule has 2 N–H and O–H groups in total. The highest BCUT2D eigenvalue weighted by Crippen LogP contribution is 2.33. The minimum atomic E-state index is -0.702. The lowest BCUT2D eigenvalue weighted by molar-refractivity contribution is -0.140. The SMILES string of the molecule is C=CCNC(=O)C(=O)C(CC1CC1)NC(=O)C1CCCN(C)C1. The highest BCUT2D eigenvalue weighted by molar-refractivity contribution is 6.38. The monoisotopic (exact) mass is 321 g/mol. The summed E-state index contributed by atoms with van der Waals surface area (Å²) < 4.78 is 0. The summed E-state index contributed by atoms with van der Waals surface area (Å²) >= 11 is 0. The molecule has 0 aromatic carbocycles. The summed E-state index contributed by atoms with van der Waals surface area (Å²) in [7, 11) is 2.00. The lowest BCUT2D eigenvalue weighted by atomic mass is 9.96. The van der Waals surface area contributed by atoms with E-state index in [1.54, 1.807) is 0 Å². The van der Waals surface area contributed by atoms with E-state index in [1.165, 1.54) is 6.08 Å². The van der Waals surface area contributed by atoms with E-state index in [9.17, 15) is 14.4 Å². The van der Waals surface area contributed by atoms with Gasteiger partial charge in [-0.15, -0.1) is 6.58 Å². The molecule has 1 aliphatic carbocycles. The van der Waals surface area contributed by atoms with E-state index in [0.717, 1.165) is 32.2 Å². The van der Waals surface area contributed by atoms with E-state index < -0.39 is 17.7 Å². The first-order chi connectivity index (χ1) is 11.0. The number of ketones is 1.